The zero-order valence-corrected chi connectivity index (χ0v) is 20.1. The predicted molar refractivity (Wildman–Crippen MR) is 130 cm³/mol. The van der Waals surface area contributed by atoms with Crippen LogP contribution in [0.25, 0.3) is 5.65 Å². The van der Waals surface area contributed by atoms with Crippen LogP contribution in [-0.4, -0.2) is 38.0 Å². The first-order valence-corrected chi connectivity index (χ1v) is 12.4. The summed E-state index contributed by atoms with van der Waals surface area (Å²) in [5, 5.41) is 8.14. The number of benzene rings is 1. The Morgan fingerprint density at radius 1 is 1.12 bits per heavy atom. The molecule has 1 atom stereocenters. The molecule has 0 spiro atoms. The second kappa shape index (κ2) is 9.26. The van der Waals surface area contributed by atoms with Gasteiger partial charge in [-0.05, 0) is 76.1 Å². The Hall–Kier alpha value is -2.73. The highest BCUT2D eigenvalue weighted by molar-refractivity contribution is 5.76. The average Bonchev–Trinajstić information content (AvgIpc) is 3.51. The van der Waals surface area contributed by atoms with Crippen molar-refractivity contribution >= 4 is 11.6 Å². The minimum absolute atomic E-state index is 0.145. The highest BCUT2D eigenvalue weighted by Crippen LogP contribution is 2.33. The molecule has 6 nitrogen and oxygen atoms in total. The Balaban J connectivity index is 1.38. The van der Waals surface area contributed by atoms with Gasteiger partial charge >= 0.3 is 0 Å². The molecule has 1 aromatic carbocycles. The molecule has 3 aromatic rings. The van der Waals surface area contributed by atoms with Crippen molar-refractivity contribution in [1.82, 2.24) is 24.8 Å². The van der Waals surface area contributed by atoms with Crippen LogP contribution in [0.5, 0.6) is 0 Å². The number of amides is 1. The first kappa shape index (κ1) is 22.1. The van der Waals surface area contributed by atoms with Crippen molar-refractivity contribution in [2.24, 2.45) is 0 Å². The number of carbonyl (C=O) groups is 1. The SMILES string of the molecule is Cc1ccccc1CN1CCCC[C@H]1c1cc2nc(C)c(CCC(=O)NC3CC3)c(C)n2n1. The molecule has 0 bridgehead atoms. The summed E-state index contributed by atoms with van der Waals surface area (Å²) in [4.78, 5) is 19.7. The van der Waals surface area contributed by atoms with E-state index in [1.165, 1.54) is 24.0 Å². The molecule has 1 amide bonds. The maximum Gasteiger partial charge on any atom is 0.220 e. The molecule has 33 heavy (non-hydrogen) atoms. The molecular weight excluding hydrogens is 410 g/mol. The standard InChI is InChI=1S/C27H35N5O/c1-18-8-4-5-9-21(18)17-31-15-7-6-10-25(31)24-16-26-28-19(2)23(20(3)32(26)30-24)13-14-27(33)29-22-11-12-22/h4-5,8-9,16,22,25H,6-7,10-15,17H2,1-3H3,(H,29,33)/t25-/m0/s1. The molecule has 174 valence electrons. The number of hydrogen-bond donors (Lipinski definition) is 1. The molecule has 2 aliphatic rings. The van der Waals surface area contributed by atoms with Gasteiger partial charge in [-0.15, -0.1) is 0 Å². The normalized spacial score (nSPS) is 19.2. The van der Waals surface area contributed by atoms with Gasteiger partial charge in [0.05, 0.1) is 11.7 Å². The first-order valence-electron chi connectivity index (χ1n) is 12.4. The van der Waals surface area contributed by atoms with E-state index in [2.05, 4.69) is 61.3 Å². The van der Waals surface area contributed by atoms with Crippen LogP contribution in [0.3, 0.4) is 0 Å². The molecule has 2 fully saturated rings. The fourth-order valence-electron chi connectivity index (χ4n) is 5.16. The molecule has 1 aliphatic carbocycles. The van der Waals surface area contributed by atoms with Crippen LogP contribution in [0.2, 0.25) is 0 Å². The second-order valence-corrected chi connectivity index (χ2v) is 9.85. The number of likely N-dealkylation sites (tertiary alicyclic amines) is 1. The van der Waals surface area contributed by atoms with Crippen molar-refractivity contribution in [3.8, 4) is 0 Å². The van der Waals surface area contributed by atoms with Gasteiger partial charge < -0.3 is 5.32 Å². The number of aromatic nitrogens is 3. The molecule has 0 unspecified atom stereocenters. The second-order valence-electron chi connectivity index (χ2n) is 9.85. The fourth-order valence-corrected chi connectivity index (χ4v) is 5.16. The highest BCUT2D eigenvalue weighted by atomic mass is 16.1. The summed E-state index contributed by atoms with van der Waals surface area (Å²) in [5.41, 5.74) is 8.01. The number of rotatable bonds is 7. The Morgan fingerprint density at radius 2 is 1.94 bits per heavy atom. The molecule has 1 saturated heterocycles. The van der Waals surface area contributed by atoms with Gasteiger partial charge in [-0.2, -0.15) is 5.10 Å². The molecule has 1 N–H and O–H groups in total. The lowest BCUT2D eigenvalue weighted by Gasteiger charge is -2.35. The van der Waals surface area contributed by atoms with Crippen LogP contribution in [0.4, 0.5) is 0 Å². The summed E-state index contributed by atoms with van der Waals surface area (Å²) in [6, 6.07) is 11.6. The number of aryl methyl sites for hydroxylation is 3. The Morgan fingerprint density at radius 3 is 2.73 bits per heavy atom. The van der Waals surface area contributed by atoms with E-state index in [1.807, 2.05) is 4.52 Å². The Bertz CT molecular complexity index is 1160. The number of hydrogen-bond acceptors (Lipinski definition) is 4. The maximum absolute atomic E-state index is 12.2. The zero-order valence-electron chi connectivity index (χ0n) is 20.1. The summed E-state index contributed by atoms with van der Waals surface area (Å²) >= 11 is 0. The van der Waals surface area contributed by atoms with Gasteiger partial charge in [0.2, 0.25) is 5.91 Å². The smallest absolute Gasteiger partial charge is 0.220 e. The first-order chi connectivity index (χ1) is 16.0. The largest absolute Gasteiger partial charge is 0.353 e. The van der Waals surface area contributed by atoms with E-state index in [0.717, 1.165) is 60.6 Å². The molecule has 3 heterocycles. The van der Waals surface area contributed by atoms with E-state index in [1.54, 1.807) is 0 Å². The van der Waals surface area contributed by atoms with Crippen molar-refractivity contribution in [2.75, 3.05) is 6.54 Å². The fraction of sp³-hybridized carbons (Fsp3) is 0.519. The predicted octanol–water partition coefficient (Wildman–Crippen LogP) is 4.59. The van der Waals surface area contributed by atoms with Gasteiger partial charge in [0.25, 0.3) is 0 Å². The minimum atomic E-state index is 0.145. The van der Waals surface area contributed by atoms with Crippen molar-refractivity contribution in [2.45, 2.75) is 84.3 Å². The molecular formula is C27H35N5O. The van der Waals surface area contributed by atoms with E-state index in [0.29, 0.717) is 24.9 Å². The number of fused-ring (bicyclic) bond motifs is 1. The van der Waals surface area contributed by atoms with Gasteiger partial charge in [-0.1, -0.05) is 30.7 Å². The third-order valence-electron chi connectivity index (χ3n) is 7.32. The van der Waals surface area contributed by atoms with Gasteiger partial charge in [0, 0.05) is 36.5 Å². The van der Waals surface area contributed by atoms with E-state index >= 15 is 0 Å². The van der Waals surface area contributed by atoms with Crippen molar-refractivity contribution in [1.29, 1.82) is 0 Å². The van der Waals surface area contributed by atoms with E-state index < -0.39 is 0 Å². The monoisotopic (exact) mass is 445 g/mol. The highest BCUT2D eigenvalue weighted by Gasteiger charge is 2.28. The summed E-state index contributed by atoms with van der Waals surface area (Å²) in [7, 11) is 0. The van der Waals surface area contributed by atoms with Gasteiger partial charge in [0.1, 0.15) is 0 Å². The average molecular weight is 446 g/mol. The van der Waals surface area contributed by atoms with Crippen molar-refractivity contribution in [3.05, 3.63) is 64.1 Å². The molecule has 6 heteroatoms. The van der Waals surface area contributed by atoms with E-state index in [-0.39, 0.29) is 5.91 Å². The topological polar surface area (TPSA) is 62.5 Å². The van der Waals surface area contributed by atoms with Gasteiger partial charge in [0.15, 0.2) is 5.65 Å². The lowest BCUT2D eigenvalue weighted by molar-refractivity contribution is -0.121. The van der Waals surface area contributed by atoms with E-state index in [4.69, 9.17) is 10.1 Å². The number of piperidine rings is 1. The number of carbonyl (C=O) groups excluding carboxylic acids is 1. The molecule has 2 aromatic heterocycles. The van der Waals surface area contributed by atoms with Crippen LogP contribution in [0.15, 0.2) is 30.3 Å². The van der Waals surface area contributed by atoms with Crippen LogP contribution >= 0.6 is 0 Å². The molecule has 1 saturated carbocycles. The van der Waals surface area contributed by atoms with Gasteiger partial charge in [-0.3, -0.25) is 9.69 Å². The van der Waals surface area contributed by atoms with E-state index in [9.17, 15) is 4.79 Å². The van der Waals surface area contributed by atoms with Gasteiger partial charge in [-0.25, -0.2) is 9.50 Å². The molecule has 1 aliphatic heterocycles. The molecule has 5 rings (SSSR count). The summed E-state index contributed by atoms with van der Waals surface area (Å²) < 4.78 is 2.00. The van der Waals surface area contributed by atoms with Crippen LogP contribution in [-0.2, 0) is 17.8 Å². The lowest BCUT2D eigenvalue weighted by Crippen LogP contribution is -2.33. The lowest BCUT2D eigenvalue weighted by atomic mass is 9.98. The van der Waals surface area contributed by atoms with Crippen molar-refractivity contribution < 1.29 is 4.79 Å². The van der Waals surface area contributed by atoms with Crippen LogP contribution < -0.4 is 5.32 Å². The Kier molecular flexibility index (Phi) is 6.19. The summed E-state index contributed by atoms with van der Waals surface area (Å²) in [6.45, 7) is 8.41. The molecule has 0 radical (unpaired) electrons. The maximum atomic E-state index is 12.2. The zero-order chi connectivity index (χ0) is 22.9. The number of nitrogens with one attached hydrogen (secondary N) is 1. The third kappa shape index (κ3) is 4.81. The third-order valence-corrected chi connectivity index (χ3v) is 7.32. The summed E-state index contributed by atoms with van der Waals surface area (Å²) in [6.07, 6.45) is 7.05. The Labute approximate surface area is 196 Å². The minimum Gasteiger partial charge on any atom is -0.353 e. The number of nitrogens with zero attached hydrogens (tertiary/aromatic N) is 4. The summed E-state index contributed by atoms with van der Waals surface area (Å²) in [5.74, 6) is 0.145. The van der Waals surface area contributed by atoms with Crippen LogP contribution in [0.1, 0.15) is 78.3 Å². The van der Waals surface area contributed by atoms with Crippen molar-refractivity contribution in [3.63, 3.8) is 0 Å². The quantitative estimate of drug-likeness (QED) is 0.578. The van der Waals surface area contributed by atoms with Crippen LogP contribution in [0, 0.1) is 20.8 Å².